The number of rotatable bonds is 6. The lowest BCUT2D eigenvalue weighted by atomic mass is 9.92. The number of halogens is 3. The number of nitrogen functional groups attached to an aromatic ring is 1. The first-order chi connectivity index (χ1) is 17.3. The molecule has 0 radical (unpaired) electrons. The number of fused-ring (bicyclic) bond motifs is 2. The molecule has 0 bridgehead atoms. The molecule has 0 saturated heterocycles. The number of carbonyl (C=O) groups is 5. The van der Waals surface area contributed by atoms with Crippen LogP contribution in [0.25, 0.3) is 0 Å². The lowest BCUT2D eigenvalue weighted by Gasteiger charge is -2.20. The molecule has 194 valence electrons. The van der Waals surface area contributed by atoms with E-state index in [1.165, 1.54) is 30.3 Å². The first-order valence-corrected chi connectivity index (χ1v) is 10.4. The molecule has 2 aromatic rings. The van der Waals surface area contributed by atoms with Crippen molar-refractivity contribution in [3.63, 3.8) is 0 Å². The average Bonchev–Trinajstić information content (AvgIpc) is 2.80. The van der Waals surface area contributed by atoms with Gasteiger partial charge >= 0.3 is 30.1 Å². The van der Waals surface area contributed by atoms with Crippen LogP contribution in [0, 0.1) is 5.41 Å². The van der Waals surface area contributed by atoms with Crippen LogP contribution >= 0.6 is 0 Å². The van der Waals surface area contributed by atoms with E-state index in [0.29, 0.717) is 11.1 Å². The van der Waals surface area contributed by atoms with Crippen molar-refractivity contribution in [2.45, 2.75) is 31.5 Å². The molecule has 1 atom stereocenters. The number of esters is 3. The number of aliphatic carboxylic acids is 1. The number of carbonyl (C=O) groups excluding carboxylic acids is 4. The zero-order valence-electron chi connectivity index (χ0n) is 18.7. The fourth-order valence-electron chi connectivity index (χ4n) is 3.52. The maximum atomic E-state index is 12.9. The summed E-state index contributed by atoms with van der Waals surface area (Å²) < 4.78 is 45.8. The Hall–Kier alpha value is -4.75. The molecule has 14 heteroatoms. The summed E-state index contributed by atoms with van der Waals surface area (Å²) in [5, 5.41) is 18.9. The summed E-state index contributed by atoms with van der Waals surface area (Å²) in [7, 11) is 0. The Balaban J connectivity index is 1.84. The van der Waals surface area contributed by atoms with Gasteiger partial charge in [0, 0.05) is 11.1 Å². The van der Waals surface area contributed by atoms with Crippen LogP contribution in [0.5, 0.6) is 5.75 Å². The van der Waals surface area contributed by atoms with E-state index in [1.54, 1.807) is 6.07 Å². The van der Waals surface area contributed by atoms with Crippen molar-refractivity contribution >= 4 is 35.6 Å². The van der Waals surface area contributed by atoms with E-state index < -0.39 is 48.4 Å². The van der Waals surface area contributed by atoms with E-state index in [2.05, 4.69) is 4.74 Å². The van der Waals surface area contributed by atoms with Gasteiger partial charge in [-0.3, -0.25) is 15.0 Å². The first kappa shape index (κ1) is 26.8. The molecule has 5 N–H and O–H groups in total. The first-order valence-electron chi connectivity index (χ1n) is 10.4. The highest BCUT2D eigenvalue weighted by Gasteiger charge is 2.43. The fraction of sp³-hybridized carbons (Fsp3) is 0.217. The van der Waals surface area contributed by atoms with E-state index in [-0.39, 0.29) is 41.1 Å². The Morgan fingerprint density at radius 2 is 1.86 bits per heavy atom. The van der Waals surface area contributed by atoms with Gasteiger partial charge in [-0.25, -0.2) is 14.4 Å². The topological polar surface area (TPSA) is 186 Å². The molecule has 0 aromatic heterocycles. The summed E-state index contributed by atoms with van der Waals surface area (Å²) in [6, 6.07) is 6.48. The van der Waals surface area contributed by atoms with Gasteiger partial charge in [-0.1, -0.05) is 6.07 Å². The number of hydrogen-bond donors (Lipinski definition) is 4. The van der Waals surface area contributed by atoms with Gasteiger partial charge in [-0.05, 0) is 54.3 Å². The normalized spacial score (nSPS) is 13.5. The van der Waals surface area contributed by atoms with Gasteiger partial charge in [-0.2, -0.15) is 13.2 Å². The van der Waals surface area contributed by atoms with Crippen LogP contribution in [-0.4, -0.2) is 52.9 Å². The van der Waals surface area contributed by atoms with E-state index >= 15 is 0 Å². The van der Waals surface area contributed by atoms with Crippen LogP contribution in [-0.2, 0) is 32.0 Å². The van der Waals surface area contributed by atoms with Crippen molar-refractivity contribution in [3.05, 3.63) is 64.2 Å². The third-order valence-electron chi connectivity index (χ3n) is 5.27. The van der Waals surface area contributed by atoms with Crippen molar-refractivity contribution in [1.29, 1.82) is 5.41 Å². The molecule has 3 rings (SSSR count). The van der Waals surface area contributed by atoms with Crippen LogP contribution in [0.4, 0.5) is 13.2 Å². The molecule has 1 heterocycles. The van der Waals surface area contributed by atoms with Crippen molar-refractivity contribution < 1.29 is 51.7 Å². The molecule has 1 aliphatic rings. The van der Waals surface area contributed by atoms with Crippen LogP contribution < -0.4 is 15.8 Å². The highest BCUT2D eigenvalue weighted by atomic mass is 19.4. The van der Waals surface area contributed by atoms with Gasteiger partial charge in [0.25, 0.3) is 5.91 Å². The van der Waals surface area contributed by atoms with Gasteiger partial charge < -0.3 is 25.6 Å². The second-order valence-corrected chi connectivity index (χ2v) is 7.79. The molecule has 0 aliphatic carbocycles. The summed E-state index contributed by atoms with van der Waals surface area (Å²) in [5.74, 6) is -8.28. The number of ether oxygens (including phenoxy) is 2. The minimum Gasteiger partial charge on any atom is -0.480 e. The number of aryl methyl sites for hydroxylation is 1. The van der Waals surface area contributed by atoms with Gasteiger partial charge in [0.15, 0.2) is 0 Å². The molecule has 0 spiro atoms. The maximum Gasteiger partial charge on any atom is 0.491 e. The molecule has 0 saturated carbocycles. The van der Waals surface area contributed by atoms with Crippen molar-refractivity contribution in [2.75, 3.05) is 0 Å². The van der Waals surface area contributed by atoms with Gasteiger partial charge in [0.1, 0.15) is 17.6 Å². The molecule has 11 nitrogen and oxygen atoms in total. The summed E-state index contributed by atoms with van der Waals surface area (Å²) in [6.07, 6.45) is -6.42. The van der Waals surface area contributed by atoms with E-state index in [4.69, 9.17) is 15.9 Å². The SMILES string of the molecule is N=C(N)c1ccc2c(c1)CCc1c(C(=O)N[C@@H](CC(=O)OC(=O)C(F)(F)F)C(=O)O)cccc1C(=O)O2. The van der Waals surface area contributed by atoms with E-state index in [0.717, 1.165) is 0 Å². The molecule has 2 aromatic carbocycles. The molecule has 1 aliphatic heterocycles. The van der Waals surface area contributed by atoms with Crippen LogP contribution in [0.1, 0.15) is 43.8 Å². The number of alkyl halides is 3. The Kier molecular flexibility index (Phi) is 7.60. The molecule has 0 unspecified atom stereocenters. The highest BCUT2D eigenvalue weighted by molar-refractivity contribution is 6.03. The zero-order chi connectivity index (χ0) is 27.5. The summed E-state index contributed by atoms with van der Waals surface area (Å²) >= 11 is 0. The van der Waals surface area contributed by atoms with Crippen LogP contribution in [0.15, 0.2) is 36.4 Å². The third kappa shape index (κ3) is 6.28. The van der Waals surface area contributed by atoms with Gasteiger partial charge in [-0.15, -0.1) is 0 Å². The molecule has 1 amide bonds. The number of carboxylic acids is 1. The quantitative estimate of drug-likeness (QED) is 0.144. The second-order valence-electron chi connectivity index (χ2n) is 7.79. The Morgan fingerprint density at radius 3 is 2.49 bits per heavy atom. The Morgan fingerprint density at radius 1 is 1.16 bits per heavy atom. The Bertz CT molecular complexity index is 1320. The van der Waals surface area contributed by atoms with Crippen molar-refractivity contribution in [1.82, 2.24) is 5.32 Å². The third-order valence-corrected chi connectivity index (χ3v) is 5.27. The average molecular weight is 521 g/mol. The van der Waals surface area contributed by atoms with Crippen molar-refractivity contribution in [3.8, 4) is 5.75 Å². The van der Waals surface area contributed by atoms with E-state index in [1.807, 2.05) is 5.32 Å². The van der Waals surface area contributed by atoms with Gasteiger partial charge in [0.2, 0.25) is 0 Å². The fourth-order valence-corrected chi connectivity index (χ4v) is 3.52. The standard InChI is InChI=1S/C23H18F3N3O8/c24-23(25,26)22(35)37-17(30)9-15(20(32)33)29-19(31)13-2-1-3-14-12(13)6-4-10-8-11(18(27)28)5-7-16(10)36-21(14)34/h1-3,5,7-8,15H,4,6,9H2,(H3,27,28)(H,29,31)(H,32,33)/t15-/m0/s1. The lowest BCUT2D eigenvalue weighted by molar-refractivity contribution is -0.202. The highest BCUT2D eigenvalue weighted by Crippen LogP contribution is 2.28. The molecular weight excluding hydrogens is 503 g/mol. The minimum atomic E-state index is -5.48. The summed E-state index contributed by atoms with van der Waals surface area (Å²) in [4.78, 5) is 59.7. The molecule has 37 heavy (non-hydrogen) atoms. The number of amidine groups is 1. The minimum absolute atomic E-state index is 0.0102. The summed E-state index contributed by atoms with van der Waals surface area (Å²) in [5.41, 5.74) is 6.44. The molecule has 0 fully saturated rings. The largest absolute Gasteiger partial charge is 0.491 e. The predicted octanol–water partition coefficient (Wildman–Crippen LogP) is 1.49. The predicted molar refractivity (Wildman–Crippen MR) is 117 cm³/mol. The second kappa shape index (κ2) is 10.5. The molecular formula is C23H18F3N3O8. The number of hydrogen-bond acceptors (Lipinski definition) is 8. The zero-order valence-corrected chi connectivity index (χ0v) is 18.7. The number of benzene rings is 2. The Labute approximate surface area is 205 Å². The number of amides is 1. The summed E-state index contributed by atoms with van der Waals surface area (Å²) in [6.45, 7) is 0. The van der Waals surface area contributed by atoms with Crippen molar-refractivity contribution in [2.24, 2.45) is 5.73 Å². The number of nitrogens with two attached hydrogens (primary N) is 1. The maximum absolute atomic E-state index is 12.9. The van der Waals surface area contributed by atoms with Crippen LogP contribution in [0.2, 0.25) is 0 Å². The van der Waals surface area contributed by atoms with Gasteiger partial charge in [0.05, 0.1) is 12.0 Å². The van der Waals surface area contributed by atoms with Crippen LogP contribution in [0.3, 0.4) is 0 Å². The number of nitrogens with one attached hydrogen (secondary N) is 2. The number of carboxylic acid groups (broad SMARTS) is 1. The van der Waals surface area contributed by atoms with E-state index in [9.17, 15) is 42.3 Å². The lowest BCUT2D eigenvalue weighted by Crippen LogP contribution is -2.43. The smallest absolute Gasteiger partial charge is 0.480 e. The monoisotopic (exact) mass is 521 g/mol.